The zero-order valence-electron chi connectivity index (χ0n) is 30.2. The Hall–Kier alpha value is -4.33. The molecular formula is C38H57N7O6. The van der Waals surface area contributed by atoms with Gasteiger partial charge in [-0.1, -0.05) is 74.5 Å². The van der Waals surface area contributed by atoms with Crippen LogP contribution in [0.5, 0.6) is 0 Å². The van der Waals surface area contributed by atoms with E-state index in [9.17, 15) is 29.1 Å². The summed E-state index contributed by atoms with van der Waals surface area (Å²) in [6, 6.07) is 15.8. The number of carbonyl (C=O) groups excluding carboxylic acids is 4. The first-order chi connectivity index (χ1) is 24.3. The fraction of sp³-hybridized carbons (Fsp3) is 0.553. The monoisotopic (exact) mass is 707 g/mol. The smallest absolute Gasteiger partial charge is 0.323 e. The van der Waals surface area contributed by atoms with Crippen LogP contribution in [0, 0.1) is 5.92 Å². The summed E-state index contributed by atoms with van der Waals surface area (Å²) in [5.74, 6) is -2.80. The van der Waals surface area contributed by atoms with Crippen molar-refractivity contribution in [3.63, 3.8) is 0 Å². The molecule has 0 spiro atoms. The molecular weight excluding hydrogens is 650 g/mol. The van der Waals surface area contributed by atoms with E-state index in [4.69, 9.17) is 11.5 Å². The molecule has 3 rings (SSSR count). The van der Waals surface area contributed by atoms with E-state index >= 15 is 0 Å². The Morgan fingerprint density at radius 2 is 1.33 bits per heavy atom. The van der Waals surface area contributed by atoms with Gasteiger partial charge in [-0.2, -0.15) is 0 Å². The van der Waals surface area contributed by atoms with Crippen molar-refractivity contribution < 1.29 is 29.1 Å². The number of benzene rings is 2. The maximum Gasteiger partial charge on any atom is 0.323 e. The van der Waals surface area contributed by atoms with E-state index < -0.39 is 47.5 Å². The highest BCUT2D eigenvalue weighted by Crippen LogP contribution is 2.21. The minimum atomic E-state index is -1.40. The summed E-state index contributed by atoms with van der Waals surface area (Å²) in [5, 5.41) is 21.4. The number of likely N-dealkylation sites (tertiary alicyclic amines) is 1. The third-order valence-electron chi connectivity index (χ3n) is 9.31. The summed E-state index contributed by atoms with van der Waals surface area (Å²) in [5.41, 5.74) is 12.3. The molecule has 4 amide bonds. The highest BCUT2D eigenvalue weighted by Gasteiger charge is 2.40. The van der Waals surface area contributed by atoms with Gasteiger partial charge in [-0.3, -0.25) is 24.0 Å². The summed E-state index contributed by atoms with van der Waals surface area (Å²) < 4.78 is 0. The van der Waals surface area contributed by atoms with Crippen LogP contribution in [0.1, 0.15) is 70.4 Å². The molecule has 1 aliphatic rings. The molecule has 0 aliphatic carbocycles. The van der Waals surface area contributed by atoms with Gasteiger partial charge in [-0.05, 0) is 82.0 Å². The van der Waals surface area contributed by atoms with E-state index in [2.05, 4.69) is 21.3 Å². The predicted molar refractivity (Wildman–Crippen MR) is 196 cm³/mol. The molecule has 0 bridgehead atoms. The van der Waals surface area contributed by atoms with Gasteiger partial charge in [0.1, 0.15) is 23.7 Å². The van der Waals surface area contributed by atoms with Gasteiger partial charge >= 0.3 is 5.97 Å². The maximum atomic E-state index is 13.9. The number of hydrogen-bond acceptors (Lipinski definition) is 8. The minimum Gasteiger partial charge on any atom is -0.480 e. The molecule has 51 heavy (non-hydrogen) atoms. The Bertz CT molecular complexity index is 1420. The lowest BCUT2D eigenvalue weighted by atomic mass is 9.88. The molecule has 2 aromatic carbocycles. The number of carboxylic acid groups (broad SMARTS) is 1. The van der Waals surface area contributed by atoms with Gasteiger partial charge in [0.25, 0.3) is 0 Å². The molecule has 1 saturated heterocycles. The predicted octanol–water partition coefficient (Wildman–Crippen LogP) is 1.48. The Morgan fingerprint density at radius 1 is 0.784 bits per heavy atom. The third kappa shape index (κ3) is 13.4. The van der Waals surface area contributed by atoms with Crippen LogP contribution in [-0.4, -0.2) is 95.5 Å². The molecule has 13 nitrogen and oxygen atoms in total. The van der Waals surface area contributed by atoms with Crippen molar-refractivity contribution in [3.8, 4) is 0 Å². The number of nitrogens with two attached hydrogens (primary N) is 2. The number of rotatable bonds is 20. The minimum absolute atomic E-state index is 0.0132. The standard InChI is InChI=1S/C38H57N7O6/c1-26(2)24-31(34(47)42-30(16-10-11-20-39)36(49)45-22-18-38(40,19-23-45)37(50)51)44-35(48)32(25-29-14-8-5-9-15-29)43-33(46)27(3)41-21-17-28-12-6-4-7-13-28/h4-9,12-15,26-27,30-32,41H,10-11,16-25,39-40H2,1-3H3,(H,42,47)(H,43,46)(H,44,48)(H,50,51)/t27-,30-,31-,32-/m1/s1. The molecule has 0 unspecified atom stereocenters. The van der Waals surface area contributed by atoms with Gasteiger partial charge in [0.05, 0.1) is 6.04 Å². The topological polar surface area (TPSA) is 209 Å². The van der Waals surface area contributed by atoms with Crippen LogP contribution in [0.2, 0.25) is 0 Å². The number of piperidine rings is 1. The maximum absolute atomic E-state index is 13.9. The van der Waals surface area contributed by atoms with Gasteiger partial charge in [0.2, 0.25) is 23.6 Å². The number of aliphatic carboxylic acids is 1. The van der Waals surface area contributed by atoms with Gasteiger partial charge in [0.15, 0.2) is 0 Å². The van der Waals surface area contributed by atoms with Gasteiger partial charge < -0.3 is 42.7 Å². The largest absolute Gasteiger partial charge is 0.480 e. The first-order valence-corrected chi connectivity index (χ1v) is 18.1. The molecule has 0 radical (unpaired) electrons. The number of carbonyl (C=O) groups is 5. The highest BCUT2D eigenvalue weighted by atomic mass is 16.4. The lowest BCUT2D eigenvalue weighted by molar-refractivity contribution is -0.148. The number of amides is 4. The van der Waals surface area contributed by atoms with Crippen molar-refractivity contribution in [1.82, 2.24) is 26.2 Å². The van der Waals surface area contributed by atoms with Crippen molar-refractivity contribution in [1.29, 1.82) is 0 Å². The third-order valence-corrected chi connectivity index (χ3v) is 9.31. The number of unbranched alkanes of at least 4 members (excludes halogenated alkanes) is 1. The molecule has 13 heteroatoms. The Labute approximate surface area is 301 Å². The van der Waals surface area contributed by atoms with Crippen LogP contribution in [0.4, 0.5) is 0 Å². The second kappa shape index (κ2) is 20.5. The summed E-state index contributed by atoms with van der Waals surface area (Å²) in [6.07, 6.45) is 3.00. The van der Waals surface area contributed by atoms with Gasteiger partial charge in [0, 0.05) is 19.5 Å². The summed E-state index contributed by atoms with van der Waals surface area (Å²) in [6.45, 7) is 6.89. The molecule has 0 saturated carbocycles. The van der Waals surface area contributed by atoms with E-state index in [1.807, 2.05) is 74.5 Å². The summed E-state index contributed by atoms with van der Waals surface area (Å²) in [4.78, 5) is 68.0. The van der Waals surface area contributed by atoms with E-state index in [1.54, 1.807) is 6.92 Å². The second-order valence-corrected chi connectivity index (χ2v) is 14.0. The Kier molecular flexibility index (Phi) is 16.5. The van der Waals surface area contributed by atoms with E-state index in [1.165, 1.54) is 4.90 Å². The van der Waals surface area contributed by atoms with Crippen molar-refractivity contribution in [2.24, 2.45) is 17.4 Å². The van der Waals surface area contributed by atoms with Crippen LogP contribution in [0.25, 0.3) is 0 Å². The zero-order valence-corrected chi connectivity index (χ0v) is 30.2. The molecule has 0 aromatic heterocycles. The van der Waals surface area contributed by atoms with Crippen LogP contribution in [0.15, 0.2) is 60.7 Å². The molecule has 2 aromatic rings. The molecule has 1 heterocycles. The van der Waals surface area contributed by atoms with Crippen molar-refractivity contribution in [2.75, 3.05) is 26.2 Å². The number of hydrogen-bond donors (Lipinski definition) is 7. The van der Waals surface area contributed by atoms with Crippen molar-refractivity contribution >= 4 is 29.6 Å². The summed E-state index contributed by atoms with van der Waals surface area (Å²) >= 11 is 0. The number of nitrogens with zero attached hydrogens (tertiary/aromatic N) is 1. The normalized spacial score (nSPS) is 16.4. The highest BCUT2D eigenvalue weighted by molar-refractivity contribution is 5.95. The molecule has 1 fully saturated rings. The van der Waals surface area contributed by atoms with Gasteiger partial charge in [-0.15, -0.1) is 0 Å². The lowest BCUT2D eigenvalue weighted by Crippen LogP contribution is -2.60. The Morgan fingerprint density at radius 3 is 1.90 bits per heavy atom. The van der Waals surface area contributed by atoms with Crippen LogP contribution < -0.4 is 32.7 Å². The zero-order chi connectivity index (χ0) is 37.4. The van der Waals surface area contributed by atoms with Crippen molar-refractivity contribution in [3.05, 3.63) is 71.8 Å². The van der Waals surface area contributed by atoms with Crippen molar-refractivity contribution in [2.45, 2.75) is 102 Å². The SMILES string of the molecule is CC(C)C[C@@H](NC(=O)[C@@H](Cc1ccccc1)NC(=O)[C@@H](C)NCCc1ccccc1)C(=O)N[C@H](CCCCN)C(=O)N1CCC(N)(C(=O)O)CC1. The number of nitrogens with one attached hydrogen (secondary N) is 4. The van der Waals surface area contributed by atoms with E-state index in [0.29, 0.717) is 38.8 Å². The van der Waals surface area contributed by atoms with E-state index in [0.717, 1.165) is 17.5 Å². The van der Waals surface area contributed by atoms with Crippen LogP contribution in [-0.2, 0) is 36.8 Å². The first-order valence-electron chi connectivity index (χ1n) is 18.1. The fourth-order valence-corrected chi connectivity index (χ4v) is 6.08. The molecule has 4 atom stereocenters. The quantitative estimate of drug-likeness (QED) is 0.0994. The average molecular weight is 708 g/mol. The van der Waals surface area contributed by atoms with Crippen LogP contribution in [0.3, 0.4) is 0 Å². The summed E-state index contributed by atoms with van der Waals surface area (Å²) in [7, 11) is 0. The fourth-order valence-electron chi connectivity index (χ4n) is 6.08. The molecule has 1 aliphatic heterocycles. The van der Waals surface area contributed by atoms with E-state index in [-0.39, 0.29) is 50.1 Å². The first kappa shape index (κ1) is 41.1. The molecule has 9 N–H and O–H groups in total. The second-order valence-electron chi connectivity index (χ2n) is 14.0. The molecule has 280 valence electrons. The van der Waals surface area contributed by atoms with Crippen LogP contribution >= 0.6 is 0 Å². The number of carboxylic acids is 1. The lowest BCUT2D eigenvalue weighted by Gasteiger charge is -2.38. The average Bonchev–Trinajstić information content (AvgIpc) is 3.11. The van der Waals surface area contributed by atoms with Gasteiger partial charge in [-0.25, -0.2) is 0 Å². The Balaban J connectivity index is 1.73.